The van der Waals surface area contributed by atoms with E-state index in [1.54, 1.807) is 48.5 Å². The molecule has 0 aliphatic rings. The first-order valence-corrected chi connectivity index (χ1v) is 7.42. The Labute approximate surface area is 134 Å². The molecule has 0 atom stereocenters. The molecule has 0 aliphatic heterocycles. The van der Waals surface area contributed by atoms with Gasteiger partial charge in [-0.1, -0.05) is 60.7 Å². The van der Waals surface area contributed by atoms with Crippen molar-refractivity contribution < 1.29 is 18.3 Å². The van der Waals surface area contributed by atoms with Gasteiger partial charge in [-0.05, 0) is 18.1 Å². The average molecular weight is 319 g/mol. The molecule has 0 heterocycles. The molecule has 2 aromatic rings. The van der Waals surface area contributed by atoms with Gasteiger partial charge in [0.15, 0.2) is 0 Å². The van der Waals surface area contributed by atoms with Gasteiger partial charge in [0.2, 0.25) is 0 Å². The minimum atomic E-state index is -3.69. The Hall–Kier alpha value is -2.27. The van der Waals surface area contributed by atoms with E-state index in [-0.39, 0.29) is 19.7 Å². The third-order valence-corrected chi connectivity index (χ3v) is 3.35. The van der Waals surface area contributed by atoms with Crippen molar-refractivity contribution in [3.05, 3.63) is 71.8 Å². The zero-order valence-corrected chi connectivity index (χ0v) is 12.9. The van der Waals surface area contributed by atoms with Crippen LogP contribution in [0.5, 0.6) is 0 Å². The van der Waals surface area contributed by atoms with Gasteiger partial charge in [-0.25, -0.2) is 9.69 Å². The lowest BCUT2D eigenvalue weighted by Crippen LogP contribution is -2.47. The van der Waals surface area contributed by atoms with Gasteiger partial charge in [-0.2, -0.15) is 8.78 Å². The van der Waals surface area contributed by atoms with Crippen LogP contribution in [0, 0.1) is 0 Å². The van der Waals surface area contributed by atoms with E-state index in [0.29, 0.717) is 11.1 Å². The van der Waals surface area contributed by atoms with Crippen molar-refractivity contribution in [3.63, 3.8) is 0 Å². The molecule has 122 valence electrons. The van der Waals surface area contributed by atoms with Crippen LogP contribution >= 0.6 is 0 Å². The summed E-state index contributed by atoms with van der Waals surface area (Å²) in [7, 11) is 0. The highest BCUT2D eigenvalue weighted by Crippen LogP contribution is 2.26. The quantitative estimate of drug-likeness (QED) is 0.573. The summed E-state index contributed by atoms with van der Waals surface area (Å²) in [6, 6.07) is 14.0. The standard InChI is InChI=1S/C18H19F2NO2/c1-2-23-17(22)18(19,20)21(13-15-9-5-3-6-10-15)14-16-11-7-4-8-12-16/h3-12H,2,13-14H2,1H3. The highest BCUT2D eigenvalue weighted by atomic mass is 19.3. The van der Waals surface area contributed by atoms with Crippen LogP contribution < -0.4 is 0 Å². The molecule has 0 aromatic heterocycles. The maximum absolute atomic E-state index is 14.5. The van der Waals surface area contributed by atoms with E-state index in [9.17, 15) is 13.6 Å². The van der Waals surface area contributed by atoms with Crippen molar-refractivity contribution in [2.24, 2.45) is 0 Å². The van der Waals surface area contributed by atoms with Crippen LogP contribution in [0.1, 0.15) is 18.1 Å². The molecule has 3 nitrogen and oxygen atoms in total. The minimum absolute atomic E-state index is 0.0540. The molecule has 0 amide bonds. The van der Waals surface area contributed by atoms with Crippen molar-refractivity contribution in [2.45, 2.75) is 26.1 Å². The van der Waals surface area contributed by atoms with Gasteiger partial charge in [-0.3, -0.25) is 0 Å². The normalized spacial score (nSPS) is 11.5. The van der Waals surface area contributed by atoms with Gasteiger partial charge in [0.25, 0.3) is 0 Å². The molecular formula is C18H19F2NO2. The second-order valence-electron chi connectivity index (χ2n) is 5.09. The van der Waals surface area contributed by atoms with E-state index in [1.165, 1.54) is 6.92 Å². The number of ether oxygens (including phenoxy) is 1. The molecule has 2 aromatic carbocycles. The second kappa shape index (κ2) is 7.83. The van der Waals surface area contributed by atoms with Crippen molar-refractivity contribution in [1.29, 1.82) is 0 Å². The number of benzene rings is 2. The van der Waals surface area contributed by atoms with E-state index in [2.05, 4.69) is 4.74 Å². The van der Waals surface area contributed by atoms with Gasteiger partial charge in [-0.15, -0.1) is 0 Å². The molecule has 0 saturated carbocycles. The van der Waals surface area contributed by atoms with Crippen LogP contribution in [0.2, 0.25) is 0 Å². The lowest BCUT2D eigenvalue weighted by atomic mass is 10.1. The largest absolute Gasteiger partial charge is 0.460 e. The highest BCUT2D eigenvalue weighted by molar-refractivity contribution is 5.77. The number of rotatable bonds is 7. The summed E-state index contributed by atoms with van der Waals surface area (Å²) in [5.74, 6) is -1.52. The molecule has 0 fully saturated rings. The zero-order chi connectivity index (χ0) is 16.7. The fourth-order valence-corrected chi connectivity index (χ4v) is 2.21. The molecule has 2 rings (SSSR count). The van der Waals surface area contributed by atoms with Crippen molar-refractivity contribution >= 4 is 5.97 Å². The molecule has 0 aliphatic carbocycles. The van der Waals surface area contributed by atoms with Crippen LogP contribution in [-0.2, 0) is 22.6 Å². The van der Waals surface area contributed by atoms with Gasteiger partial charge in [0.1, 0.15) is 0 Å². The number of halogens is 2. The number of esters is 1. The zero-order valence-electron chi connectivity index (χ0n) is 12.9. The van der Waals surface area contributed by atoms with E-state index in [1.807, 2.05) is 12.1 Å². The minimum Gasteiger partial charge on any atom is -0.460 e. The van der Waals surface area contributed by atoms with Gasteiger partial charge in [0, 0.05) is 13.1 Å². The predicted octanol–water partition coefficient (Wildman–Crippen LogP) is 3.84. The number of nitrogens with zero attached hydrogens (tertiary/aromatic N) is 1. The summed E-state index contributed by atoms with van der Waals surface area (Å²) in [6.45, 7) is 1.31. The summed E-state index contributed by atoms with van der Waals surface area (Å²) in [5, 5.41) is 0. The summed E-state index contributed by atoms with van der Waals surface area (Å²) < 4.78 is 33.5. The monoisotopic (exact) mass is 319 g/mol. The van der Waals surface area contributed by atoms with Crippen molar-refractivity contribution in [2.75, 3.05) is 6.61 Å². The Morgan fingerprint density at radius 1 is 0.957 bits per heavy atom. The lowest BCUT2D eigenvalue weighted by Gasteiger charge is -2.29. The molecule has 0 spiro atoms. The topological polar surface area (TPSA) is 29.5 Å². The average Bonchev–Trinajstić information content (AvgIpc) is 2.56. The number of hydrogen-bond acceptors (Lipinski definition) is 3. The molecule has 0 radical (unpaired) electrons. The van der Waals surface area contributed by atoms with E-state index in [4.69, 9.17) is 0 Å². The molecule has 23 heavy (non-hydrogen) atoms. The number of carbonyl (C=O) groups is 1. The number of hydrogen-bond donors (Lipinski definition) is 0. The molecule has 0 N–H and O–H groups in total. The summed E-state index contributed by atoms with van der Waals surface area (Å²) in [5.41, 5.74) is 1.40. The Morgan fingerprint density at radius 2 is 1.39 bits per heavy atom. The third kappa shape index (κ3) is 4.60. The lowest BCUT2D eigenvalue weighted by molar-refractivity contribution is -0.206. The van der Waals surface area contributed by atoms with Gasteiger partial charge < -0.3 is 4.74 Å². The molecular weight excluding hydrogens is 300 g/mol. The summed E-state index contributed by atoms with van der Waals surface area (Å²) in [4.78, 5) is 12.5. The van der Waals surface area contributed by atoms with Crippen LogP contribution in [0.15, 0.2) is 60.7 Å². The van der Waals surface area contributed by atoms with Crippen molar-refractivity contribution in [3.8, 4) is 0 Å². The maximum atomic E-state index is 14.5. The van der Waals surface area contributed by atoms with Gasteiger partial charge in [0.05, 0.1) is 6.61 Å². The van der Waals surface area contributed by atoms with E-state index in [0.717, 1.165) is 4.90 Å². The first-order chi connectivity index (χ1) is 11.0. The Bertz CT molecular complexity index is 576. The summed E-state index contributed by atoms with van der Waals surface area (Å²) in [6.07, 6.45) is 0. The molecule has 0 bridgehead atoms. The second-order valence-corrected chi connectivity index (χ2v) is 5.09. The molecule has 5 heteroatoms. The third-order valence-electron chi connectivity index (χ3n) is 3.35. The Morgan fingerprint density at radius 3 is 1.78 bits per heavy atom. The molecule has 0 saturated heterocycles. The SMILES string of the molecule is CCOC(=O)C(F)(F)N(Cc1ccccc1)Cc1ccccc1. The highest BCUT2D eigenvalue weighted by Gasteiger charge is 2.47. The first-order valence-electron chi connectivity index (χ1n) is 7.42. The van der Waals surface area contributed by atoms with Gasteiger partial charge >= 0.3 is 12.0 Å². The van der Waals surface area contributed by atoms with Crippen LogP contribution in [0.25, 0.3) is 0 Å². The predicted molar refractivity (Wildman–Crippen MR) is 83.7 cm³/mol. The summed E-state index contributed by atoms with van der Waals surface area (Å²) >= 11 is 0. The number of carbonyl (C=O) groups excluding carboxylic acids is 1. The van der Waals surface area contributed by atoms with E-state index >= 15 is 0 Å². The van der Waals surface area contributed by atoms with Crippen molar-refractivity contribution in [1.82, 2.24) is 4.90 Å². The fraction of sp³-hybridized carbons (Fsp3) is 0.278. The van der Waals surface area contributed by atoms with E-state index < -0.39 is 12.0 Å². The Kier molecular flexibility index (Phi) is 5.82. The fourth-order valence-electron chi connectivity index (χ4n) is 2.21. The Balaban J connectivity index is 2.25. The first kappa shape index (κ1) is 17.1. The maximum Gasteiger partial charge on any atom is 0.402 e. The molecule has 0 unspecified atom stereocenters. The smallest absolute Gasteiger partial charge is 0.402 e. The van der Waals surface area contributed by atoms with Crippen LogP contribution in [-0.4, -0.2) is 23.5 Å². The number of alkyl halides is 2. The van der Waals surface area contributed by atoms with Crippen LogP contribution in [0.3, 0.4) is 0 Å². The van der Waals surface area contributed by atoms with Crippen LogP contribution in [0.4, 0.5) is 8.78 Å².